The third kappa shape index (κ3) is 3.70. The van der Waals surface area contributed by atoms with Crippen LogP contribution in [0.5, 0.6) is 0 Å². The standard InChI is InChI=1S/C15H18BrN3O/c1-10-7-11(2)19(18-10)12(3)8-15(20)17-14-6-4-5-13(16)9-14/h4-7,9,12H,8H2,1-3H3,(H,17,20). The monoisotopic (exact) mass is 335 g/mol. The molecule has 20 heavy (non-hydrogen) atoms. The molecule has 1 amide bonds. The van der Waals surface area contributed by atoms with Gasteiger partial charge in [0.2, 0.25) is 5.91 Å². The van der Waals surface area contributed by atoms with Crippen molar-refractivity contribution in [2.45, 2.75) is 33.2 Å². The summed E-state index contributed by atoms with van der Waals surface area (Å²) in [6.45, 7) is 5.96. The maximum atomic E-state index is 12.1. The number of halogens is 1. The van der Waals surface area contributed by atoms with Gasteiger partial charge in [-0.2, -0.15) is 5.10 Å². The summed E-state index contributed by atoms with van der Waals surface area (Å²) in [7, 11) is 0. The van der Waals surface area contributed by atoms with E-state index in [1.807, 2.05) is 55.8 Å². The summed E-state index contributed by atoms with van der Waals surface area (Å²) in [5.41, 5.74) is 2.84. The zero-order valence-corrected chi connectivity index (χ0v) is 13.4. The highest BCUT2D eigenvalue weighted by Gasteiger charge is 2.14. The molecule has 0 spiro atoms. The summed E-state index contributed by atoms with van der Waals surface area (Å²) in [4.78, 5) is 12.1. The molecule has 0 bridgehead atoms. The molecule has 1 N–H and O–H groups in total. The Morgan fingerprint density at radius 3 is 2.75 bits per heavy atom. The van der Waals surface area contributed by atoms with E-state index in [9.17, 15) is 4.79 Å². The lowest BCUT2D eigenvalue weighted by atomic mass is 10.2. The van der Waals surface area contributed by atoms with Crippen molar-refractivity contribution in [1.29, 1.82) is 0 Å². The normalized spacial score (nSPS) is 12.2. The summed E-state index contributed by atoms with van der Waals surface area (Å²) in [6, 6.07) is 9.62. The second kappa shape index (κ2) is 6.22. The molecule has 0 aliphatic heterocycles. The highest BCUT2D eigenvalue weighted by Crippen LogP contribution is 2.18. The number of hydrogen-bond acceptors (Lipinski definition) is 2. The fourth-order valence-corrected chi connectivity index (χ4v) is 2.62. The van der Waals surface area contributed by atoms with Crippen LogP contribution in [-0.4, -0.2) is 15.7 Å². The van der Waals surface area contributed by atoms with Gasteiger partial charge in [0.1, 0.15) is 0 Å². The lowest BCUT2D eigenvalue weighted by Gasteiger charge is -2.14. The molecule has 1 aromatic carbocycles. The minimum atomic E-state index is -0.0110. The van der Waals surface area contributed by atoms with Crippen molar-refractivity contribution in [3.05, 3.63) is 46.2 Å². The van der Waals surface area contributed by atoms with Gasteiger partial charge in [-0.15, -0.1) is 0 Å². The molecule has 5 heteroatoms. The topological polar surface area (TPSA) is 46.9 Å². The number of benzene rings is 1. The van der Waals surface area contributed by atoms with E-state index in [1.165, 1.54) is 0 Å². The first-order valence-corrected chi connectivity index (χ1v) is 7.33. The summed E-state index contributed by atoms with van der Waals surface area (Å²) in [6.07, 6.45) is 0.397. The maximum absolute atomic E-state index is 12.1. The van der Waals surface area contributed by atoms with Gasteiger partial charge in [0.25, 0.3) is 0 Å². The molecule has 2 aromatic rings. The molecule has 1 atom stereocenters. The van der Waals surface area contributed by atoms with E-state index >= 15 is 0 Å². The number of rotatable bonds is 4. The van der Waals surface area contributed by atoms with Crippen LogP contribution in [0.4, 0.5) is 5.69 Å². The number of aryl methyl sites for hydroxylation is 2. The van der Waals surface area contributed by atoms with Crippen molar-refractivity contribution >= 4 is 27.5 Å². The molecule has 4 nitrogen and oxygen atoms in total. The number of aromatic nitrogens is 2. The van der Waals surface area contributed by atoms with Gasteiger partial charge in [-0.05, 0) is 45.0 Å². The number of nitrogens with one attached hydrogen (secondary N) is 1. The number of hydrogen-bond donors (Lipinski definition) is 1. The van der Waals surface area contributed by atoms with Crippen LogP contribution in [0.2, 0.25) is 0 Å². The molecule has 0 aliphatic rings. The molecular weight excluding hydrogens is 318 g/mol. The largest absolute Gasteiger partial charge is 0.326 e. The van der Waals surface area contributed by atoms with Gasteiger partial charge in [0.15, 0.2) is 0 Å². The summed E-state index contributed by atoms with van der Waals surface area (Å²) in [5.74, 6) is -0.0110. The molecular formula is C15H18BrN3O. The molecule has 0 saturated carbocycles. The van der Waals surface area contributed by atoms with Gasteiger partial charge in [0, 0.05) is 22.3 Å². The fraction of sp³-hybridized carbons (Fsp3) is 0.333. The first kappa shape index (κ1) is 14.8. The van der Waals surface area contributed by atoms with Crippen LogP contribution < -0.4 is 5.32 Å². The van der Waals surface area contributed by atoms with E-state index in [0.29, 0.717) is 6.42 Å². The van der Waals surface area contributed by atoms with Crippen LogP contribution in [0.15, 0.2) is 34.8 Å². The quantitative estimate of drug-likeness (QED) is 0.922. The van der Waals surface area contributed by atoms with Crippen molar-refractivity contribution in [3.63, 3.8) is 0 Å². The average molecular weight is 336 g/mol. The molecule has 0 saturated heterocycles. The van der Waals surface area contributed by atoms with Crippen molar-refractivity contribution in [2.75, 3.05) is 5.32 Å². The first-order chi connectivity index (χ1) is 9.45. The van der Waals surface area contributed by atoms with Crippen LogP contribution >= 0.6 is 15.9 Å². The zero-order valence-electron chi connectivity index (χ0n) is 11.9. The fourth-order valence-electron chi connectivity index (χ4n) is 2.23. The number of carbonyl (C=O) groups excluding carboxylic acids is 1. The smallest absolute Gasteiger partial charge is 0.226 e. The summed E-state index contributed by atoms with van der Waals surface area (Å²) in [5, 5.41) is 7.31. The number of nitrogens with zero attached hydrogens (tertiary/aromatic N) is 2. The van der Waals surface area contributed by atoms with Gasteiger partial charge in [-0.3, -0.25) is 9.48 Å². The Hall–Kier alpha value is -1.62. The molecule has 106 valence electrons. The third-order valence-electron chi connectivity index (χ3n) is 3.05. The van der Waals surface area contributed by atoms with E-state index in [4.69, 9.17) is 0 Å². The van der Waals surface area contributed by atoms with E-state index < -0.39 is 0 Å². The predicted octanol–water partition coefficient (Wildman–Crippen LogP) is 3.85. The molecule has 1 unspecified atom stereocenters. The van der Waals surface area contributed by atoms with E-state index in [-0.39, 0.29) is 11.9 Å². The second-order valence-electron chi connectivity index (χ2n) is 4.98. The molecule has 0 fully saturated rings. The van der Waals surface area contributed by atoms with Crippen molar-refractivity contribution < 1.29 is 4.79 Å². The zero-order chi connectivity index (χ0) is 14.7. The lowest BCUT2D eigenvalue weighted by Crippen LogP contribution is -2.19. The van der Waals surface area contributed by atoms with Gasteiger partial charge < -0.3 is 5.32 Å². The number of anilines is 1. The molecule has 1 aromatic heterocycles. The Balaban J connectivity index is 1.99. The van der Waals surface area contributed by atoms with Gasteiger partial charge >= 0.3 is 0 Å². The Morgan fingerprint density at radius 2 is 2.15 bits per heavy atom. The van der Waals surface area contributed by atoms with Crippen LogP contribution in [-0.2, 0) is 4.79 Å². The molecule has 0 radical (unpaired) electrons. The van der Waals surface area contributed by atoms with Gasteiger partial charge in [-0.1, -0.05) is 22.0 Å². The second-order valence-corrected chi connectivity index (χ2v) is 5.90. The average Bonchev–Trinajstić information content (AvgIpc) is 2.68. The van der Waals surface area contributed by atoms with Gasteiger partial charge in [-0.25, -0.2) is 0 Å². The molecule has 1 heterocycles. The Kier molecular flexibility index (Phi) is 4.60. The SMILES string of the molecule is Cc1cc(C)n(C(C)CC(=O)Nc2cccc(Br)c2)n1. The minimum Gasteiger partial charge on any atom is -0.326 e. The van der Waals surface area contributed by atoms with E-state index in [2.05, 4.69) is 26.3 Å². The number of carbonyl (C=O) groups is 1. The first-order valence-electron chi connectivity index (χ1n) is 6.54. The van der Waals surface area contributed by atoms with Crippen LogP contribution in [0.25, 0.3) is 0 Å². The molecule has 2 rings (SSSR count). The third-order valence-corrected chi connectivity index (χ3v) is 3.54. The van der Waals surface area contributed by atoms with Crippen LogP contribution in [0.1, 0.15) is 30.8 Å². The Bertz CT molecular complexity index is 621. The Morgan fingerprint density at radius 1 is 1.40 bits per heavy atom. The van der Waals surface area contributed by atoms with Gasteiger partial charge in [0.05, 0.1) is 11.7 Å². The van der Waals surface area contributed by atoms with E-state index in [1.54, 1.807) is 0 Å². The van der Waals surface area contributed by atoms with Crippen LogP contribution in [0, 0.1) is 13.8 Å². The molecule has 0 aliphatic carbocycles. The lowest BCUT2D eigenvalue weighted by molar-refractivity contribution is -0.116. The maximum Gasteiger partial charge on any atom is 0.226 e. The summed E-state index contributed by atoms with van der Waals surface area (Å²) >= 11 is 3.39. The van der Waals surface area contributed by atoms with Crippen molar-refractivity contribution in [1.82, 2.24) is 9.78 Å². The Labute approximate surface area is 127 Å². The van der Waals surface area contributed by atoms with Crippen LogP contribution in [0.3, 0.4) is 0 Å². The van der Waals surface area contributed by atoms with Crippen molar-refractivity contribution in [2.24, 2.45) is 0 Å². The summed E-state index contributed by atoms with van der Waals surface area (Å²) < 4.78 is 2.84. The highest BCUT2D eigenvalue weighted by molar-refractivity contribution is 9.10. The van der Waals surface area contributed by atoms with E-state index in [0.717, 1.165) is 21.5 Å². The highest BCUT2D eigenvalue weighted by atomic mass is 79.9. The number of amides is 1. The predicted molar refractivity (Wildman–Crippen MR) is 83.8 cm³/mol. The minimum absolute atomic E-state index is 0.0110. The van der Waals surface area contributed by atoms with Crippen molar-refractivity contribution in [3.8, 4) is 0 Å².